The van der Waals surface area contributed by atoms with Gasteiger partial charge in [0, 0.05) is 31.9 Å². The van der Waals surface area contributed by atoms with Gasteiger partial charge >= 0.3 is 0 Å². The highest BCUT2D eigenvalue weighted by Crippen LogP contribution is 2.28. The molecule has 0 aliphatic carbocycles. The molecule has 1 aromatic heterocycles. The monoisotopic (exact) mass is 249 g/mol. The van der Waals surface area contributed by atoms with E-state index in [1.165, 1.54) is 0 Å². The van der Waals surface area contributed by atoms with Gasteiger partial charge in [-0.15, -0.1) is 0 Å². The first-order valence-electron chi connectivity index (χ1n) is 6.50. The lowest BCUT2D eigenvalue weighted by Gasteiger charge is -2.42. The van der Waals surface area contributed by atoms with Crippen LogP contribution in [-0.2, 0) is 7.05 Å². The van der Waals surface area contributed by atoms with Gasteiger partial charge < -0.3 is 15.2 Å². The Morgan fingerprint density at radius 2 is 2.11 bits per heavy atom. The standard InChI is InChI=1S/C14H23N3O/c1-10-5-6-11(16(10)4)13(18)17-8-7-12(15)14(2,3)9-17/h5-6,12H,7-9,15H2,1-4H3. The molecule has 18 heavy (non-hydrogen) atoms. The molecule has 1 aromatic rings. The maximum Gasteiger partial charge on any atom is 0.270 e. The number of carbonyl (C=O) groups is 1. The van der Waals surface area contributed by atoms with Gasteiger partial charge in [0.1, 0.15) is 5.69 Å². The molecule has 1 atom stereocenters. The highest BCUT2D eigenvalue weighted by molar-refractivity contribution is 5.93. The summed E-state index contributed by atoms with van der Waals surface area (Å²) in [7, 11) is 1.93. The Morgan fingerprint density at radius 1 is 1.44 bits per heavy atom. The first kappa shape index (κ1) is 13.1. The van der Waals surface area contributed by atoms with Crippen molar-refractivity contribution in [1.82, 2.24) is 9.47 Å². The number of nitrogens with zero attached hydrogens (tertiary/aromatic N) is 2. The molecule has 0 bridgehead atoms. The Morgan fingerprint density at radius 3 is 2.61 bits per heavy atom. The highest BCUT2D eigenvalue weighted by atomic mass is 16.2. The third kappa shape index (κ3) is 2.17. The molecule has 0 aromatic carbocycles. The number of nitrogens with two attached hydrogens (primary N) is 1. The van der Waals surface area contributed by atoms with Gasteiger partial charge in [0.2, 0.25) is 0 Å². The number of piperidine rings is 1. The van der Waals surface area contributed by atoms with E-state index in [0.717, 1.165) is 30.9 Å². The molecule has 4 nitrogen and oxygen atoms in total. The van der Waals surface area contributed by atoms with Crippen molar-refractivity contribution in [3.63, 3.8) is 0 Å². The van der Waals surface area contributed by atoms with Gasteiger partial charge in [-0.05, 0) is 30.9 Å². The molecule has 1 fully saturated rings. The topological polar surface area (TPSA) is 51.3 Å². The van der Waals surface area contributed by atoms with E-state index in [9.17, 15) is 4.79 Å². The molecule has 100 valence electrons. The van der Waals surface area contributed by atoms with E-state index >= 15 is 0 Å². The minimum absolute atomic E-state index is 0.00583. The summed E-state index contributed by atoms with van der Waals surface area (Å²) >= 11 is 0. The third-order valence-electron chi connectivity index (χ3n) is 4.19. The summed E-state index contributed by atoms with van der Waals surface area (Å²) in [6.45, 7) is 7.76. The fraction of sp³-hybridized carbons (Fsp3) is 0.643. The minimum Gasteiger partial charge on any atom is -0.344 e. The molecule has 2 heterocycles. The van der Waals surface area contributed by atoms with E-state index in [1.807, 2.05) is 35.6 Å². The van der Waals surface area contributed by atoms with Gasteiger partial charge in [-0.25, -0.2) is 0 Å². The van der Waals surface area contributed by atoms with Crippen LogP contribution in [0.25, 0.3) is 0 Å². The predicted molar refractivity (Wildman–Crippen MR) is 72.4 cm³/mol. The molecule has 4 heteroatoms. The fourth-order valence-corrected chi connectivity index (χ4v) is 2.54. The summed E-state index contributed by atoms with van der Waals surface area (Å²) in [5.74, 6) is 0.116. The largest absolute Gasteiger partial charge is 0.344 e. The van der Waals surface area contributed by atoms with E-state index < -0.39 is 0 Å². The molecule has 0 saturated carbocycles. The average Bonchev–Trinajstić information content (AvgIpc) is 2.63. The lowest BCUT2D eigenvalue weighted by atomic mass is 9.79. The van der Waals surface area contributed by atoms with Crippen molar-refractivity contribution in [2.24, 2.45) is 18.2 Å². The number of hydrogen-bond donors (Lipinski definition) is 1. The van der Waals surface area contributed by atoms with Crippen LogP contribution < -0.4 is 5.73 Å². The summed E-state index contributed by atoms with van der Waals surface area (Å²) in [4.78, 5) is 14.4. The van der Waals surface area contributed by atoms with E-state index in [2.05, 4.69) is 13.8 Å². The minimum atomic E-state index is -0.00583. The predicted octanol–water partition coefficient (Wildman–Crippen LogP) is 1.53. The van der Waals surface area contributed by atoms with Crippen molar-refractivity contribution in [2.45, 2.75) is 33.2 Å². The van der Waals surface area contributed by atoms with E-state index in [0.29, 0.717) is 0 Å². The second-order valence-electron chi connectivity index (χ2n) is 6.03. The quantitative estimate of drug-likeness (QED) is 0.820. The molecule has 2 N–H and O–H groups in total. The van der Waals surface area contributed by atoms with Crippen molar-refractivity contribution in [3.8, 4) is 0 Å². The Hall–Kier alpha value is -1.29. The number of aromatic nitrogens is 1. The Balaban J connectivity index is 2.18. The highest BCUT2D eigenvalue weighted by Gasteiger charge is 2.36. The molecule has 1 saturated heterocycles. The Labute approximate surface area is 109 Å². The first-order chi connectivity index (χ1) is 8.33. The molecule has 1 aliphatic rings. The number of hydrogen-bond acceptors (Lipinski definition) is 2. The number of rotatable bonds is 1. The van der Waals surface area contributed by atoms with Gasteiger partial charge in [-0.3, -0.25) is 4.79 Å². The van der Waals surface area contributed by atoms with Gasteiger partial charge in [0.15, 0.2) is 0 Å². The molecule has 0 spiro atoms. The van der Waals surface area contributed by atoms with Crippen LogP contribution >= 0.6 is 0 Å². The SMILES string of the molecule is Cc1ccc(C(=O)N2CCC(N)C(C)(C)C2)n1C. The van der Waals surface area contributed by atoms with Crippen molar-refractivity contribution in [2.75, 3.05) is 13.1 Å². The summed E-state index contributed by atoms with van der Waals surface area (Å²) in [5, 5.41) is 0. The van der Waals surface area contributed by atoms with Crippen LogP contribution in [0.3, 0.4) is 0 Å². The number of likely N-dealkylation sites (tertiary alicyclic amines) is 1. The lowest BCUT2D eigenvalue weighted by Crippen LogP contribution is -2.54. The van der Waals surface area contributed by atoms with Crippen LogP contribution in [0.5, 0.6) is 0 Å². The maximum atomic E-state index is 12.5. The molecule has 2 rings (SSSR count). The van der Waals surface area contributed by atoms with Crippen molar-refractivity contribution in [1.29, 1.82) is 0 Å². The van der Waals surface area contributed by atoms with Gasteiger partial charge in [0.05, 0.1) is 0 Å². The fourth-order valence-electron chi connectivity index (χ4n) is 2.54. The smallest absolute Gasteiger partial charge is 0.270 e. The molecule has 0 radical (unpaired) electrons. The van der Waals surface area contributed by atoms with Crippen LogP contribution in [0.2, 0.25) is 0 Å². The van der Waals surface area contributed by atoms with Crippen molar-refractivity contribution < 1.29 is 4.79 Å². The van der Waals surface area contributed by atoms with Crippen molar-refractivity contribution in [3.05, 3.63) is 23.5 Å². The second-order valence-corrected chi connectivity index (χ2v) is 6.03. The number of carbonyl (C=O) groups excluding carboxylic acids is 1. The van der Waals surface area contributed by atoms with Crippen LogP contribution in [0.1, 0.15) is 36.5 Å². The number of amides is 1. The van der Waals surface area contributed by atoms with Crippen LogP contribution in [0.4, 0.5) is 0 Å². The molecule has 1 amide bonds. The van der Waals surface area contributed by atoms with Crippen LogP contribution in [0.15, 0.2) is 12.1 Å². The van der Waals surface area contributed by atoms with Gasteiger partial charge in [-0.2, -0.15) is 0 Å². The average molecular weight is 249 g/mol. The second kappa shape index (κ2) is 4.43. The zero-order valence-corrected chi connectivity index (χ0v) is 11.7. The lowest BCUT2D eigenvalue weighted by molar-refractivity contribution is 0.0524. The third-order valence-corrected chi connectivity index (χ3v) is 4.19. The Bertz CT molecular complexity index is 462. The molecular weight excluding hydrogens is 226 g/mol. The zero-order valence-electron chi connectivity index (χ0n) is 11.7. The zero-order chi connectivity index (χ0) is 13.5. The van der Waals surface area contributed by atoms with Crippen LogP contribution in [-0.4, -0.2) is 34.5 Å². The summed E-state index contributed by atoms with van der Waals surface area (Å²) in [6.07, 6.45) is 0.877. The Kier molecular flexibility index (Phi) is 3.23. The number of aryl methyl sites for hydroxylation is 1. The van der Waals surface area contributed by atoms with Crippen molar-refractivity contribution >= 4 is 5.91 Å². The van der Waals surface area contributed by atoms with E-state index in [4.69, 9.17) is 5.73 Å². The van der Waals surface area contributed by atoms with E-state index in [-0.39, 0.29) is 17.4 Å². The summed E-state index contributed by atoms with van der Waals surface area (Å²) in [6, 6.07) is 4.06. The summed E-state index contributed by atoms with van der Waals surface area (Å²) in [5.41, 5.74) is 7.96. The molecule has 1 aliphatic heterocycles. The first-order valence-corrected chi connectivity index (χ1v) is 6.50. The van der Waals surface area contributed by atoms with Gasteiger partial charge in [0.25, 0.3) is 5.91 Å². The molecular formula is C14H23N3O. The summed E-state index contributed by atoms with van der Waals surface area (Å²) < 4.78 is 1.95. The normalized spacial score (nSPS) is 23.2. The van der Waals surface area contributed by atoms with Crippen LogP contribution in [0, 0.1) is 12.3 Å². The maximum absolute atomic E-state index is 12.5. The molecule has 1 unspecified atom stereocenters. The van der Waals surface area contributed by atoms with Gasteiger partial charge in [-0.1, -0.05) is 13.8 Å². The van der Waals surface area contributed by atoms with E-state index in [1.54, 1.807) is 0 Å².